The third-order valence-electron chi connectivity index (χ3n) is 4.25. The van der Waals surface area contributed by atoms with Crippen molar-refractivity contribution in [1.29, 1.82) is 0 Å². The second kappa shape index (κ2) is 8.71. The summed E-state index contributed by atoms with van der Waals surface area (Å²) in [6, 6.07) is 15.2. The van der Waals surface area contributed by atoms with Gasteiger partial charge in [0.25, 0.3) is 11.5 Å². The van der Waals surface area contributed by atoms with Crippen LogP contribution in [0.3, 0.4) is 0 Å². The Balaban J connectivity index is 1.95. The predicted molar refractivity (Wildman–Crippen MR) is 111 cm³/mol. The maximum Gasteiger partial charge on any atom is 0.252 e. The van der Waals surface area contributed by atoms with Crippen LogP contribution in [0, 0.1) is 0 Å². The van der Waals surface area contributed by atoms with Crippen LogP contribution >= 0.6 is 11.6 Å². The topological polar surface area (TPSA) is 80.2 Å². The lowest BCUT2D eigenvalue weighted by molar-refractivity contribution is -0.116. The molecule has 2 aromatic carbocycles. The lowest BCUT2D eigenvalue weighted by Gasteiger charge is -2.14. The zero-order chi connectivity index (χ0) is 20.1. The summed E-state index contributed by atoms with van der Waals surface area (Å²) < 4.78 is 1.35. The molecule has 0 spiro atoms. The quantitative estimate of drug-likeness (QED) is 0.668. The van der Waals surface area contributed by atoms with Crippen LogP contribution in [0.1, 0.15) is 23.7 Å². The fourth-order valence-corrected chi connectivity index (χ4v) is 3.10. The van der Waals surface area contributed by atoms with Crippen molar-refractivity contribution in [3.63, 3.8) is 0 Å². The molecule has 0 aliphatic heterocycles. The van der Waals surface area contributed by atoms with Crippen molar-refractivity contribution in [2.45, 2.75) is 19.9 Å². The highest BCUT2D eigenvalue weighted by Crippen LogP contribution is 2.21. The van der Waals surface area contributed by atoms with E-state index in [9.17, 15) is 14.4 Å². The summed E-state index contributed by atoms with van der Waals surface area (Å²) >= 11 is 6.07. The summed E-state index contributed by atoms with van der Waals surface area (Å²) in [5.41, 5.74) is 0.875. The molecule has 0 atom stereocenters. The van der Waals surface area contributed by atoms with Gasteiger partial charge < -0.3 is 10.6 Å². The van der Waals surface area contributed by atoms with Crippen LogP contribution in [0.25, 0.3) is 10.9 Å². The molecule has 3 rings (SSSR count). The van der Waals surface area contributed by atoms with Crippen molar-refractivity contribution in [2.24, 2.45) is 0 Å². The monoisotopic (exact) mass is 397 g/mol. The number of anilines is 1. The third-order valence-corrected chi connectivity index (χ3v) is 4.58. The van der Waals surface area contributed by atoms with Crippen LogP contribution in [0.5, 0.6) is 0 Å². The molecule has 0 saturated heterocycles. The average Bonchev–Trinajstić information content (AvgIpc) is 2.69. The number of carbonyl (C=O) groups excluding carboxylic acids is 2. The van der Waals surface area contributed by atoms with Crippen LogP contribution in [0.15, 0.2) is 59.4 Å². The summed E-state index contributed by atoms with van der Waals surface area (Å²) in [5, 5.41) is 6.52. The number of nitrogens with zero attached hydrogens (tertiary/aromatic N) is 1. The highest BCUT2D eigenvalue weighted by molar-refractivity contribution is 6.33. The van der Waals surface area contributed by atoms with Crippen LogP contribution < -0.4 is 16.2 Å². The Hall–Kier alpha value is -3.12. The number of pyridine rings is 1. The first-order chi connectivity index (χ1) is 13.5. The first-order valence-electron chi connectivity index (χ1n) is 8.96. The van der Waals surface area contributed by atoms with Gasteiger partial charge in [-0.25, -0.2) is 0 Å². The van der Waals surface area contributed by atoms with E-state index in [-0.39, 0.29) is 18.4 Å². The molecule has 0 aliphatic carbocycles. The van der Waals surface area contributed by atoms with Gasteiger partial charge in [-0.1, -0.05) is 48.9 Å². The number of carbonyl (C=O) groups is 2. The molecule has 6 nitrogen and oxygen atoms in total. The normalized spacial score (nSPS) is 10.6. The summed E-state index contributed by atoms with van der Waals surface area (Å²) in [6.45, 7) is 2.28. The van der Waals surface area contributed by atoms with E-state index in [0.717, 1.165) is 6.42 Å². The van der Waals surface area contributed by atoms with Crippen molar-refractivity contribution in [2.75, 3.05) is 11.9 Å². The van der Waals surface area contributed by atoms with Gasteiger partial charge in [0.2, 0.25) is 5.91 Å². The van der Waals surface area contributed by atoms with Crippen LogP contribution in [-0.2, 0) is 11.3 Å². The van der Waals surface area contributed by atoms with Gasteiger partial charge in [0.1, 0.15) is 6.54 Å². The predicted octanol–water partition coefficient (Wildman–Crippen LogP) is 3.43. The van der Waals surface area contributed by atoms with Gasteiger partial charge in [0.05, 0.1) is 21.8 Å². The minimum absolute atomic E-state index is 0.193. The molecule has 1 aromatic heterocycles. The van der Waals surface area contributed by atoms with Gasteiger partial charge in [-0.15, -0.1) is 0 Å². The molecule has 2 amide bonds. The maximum atomic E-state index is 12.7. The smallest absolute Gasteiger partial charge is 0.252 e. The van der Waals surface area contributed by atoms with Gasteiger partial charge in [-0.3, -0.25) is 19.0 Å². The number of hydrogen-bond acceptors (Lipinski definition) is 3. The number of nitrogens with one attached hydrogen (secondary N) is 2. The highest BCUT2D eigenvalue weighted by atomic mass is 35.5. The third kappa shape index (κ3) is 4.23. The van der Waals surface area contributed by atoms with E-state index in [4.69, 9.17) is 11.6 Å². The van der Waals surface area contributed by atoms with Crippen LogP contribution in [-0.4, -0.2) is 22.9 Å². The van der Waals surface area contributed by atoms with Crippen molar-refractivity contribution < 1.29 is 9.59 Å². The van der Waals surface area contributed by atoms with E-state index < -0.39 is 5.56 Å². The van der Waals surface area contributed by atoms with E-state index in [2.05, 4.69) is 10.6 Å². The van der Waals surface area contributed by atoms with Crippen molar-refractivity contribution in [1.82, 2.24) is 9.88 Å². The fraction of sp³-hybridized carbons (Fsp3) is 0.190. The average molecular weight is 398 g/mol. The molecule has 0 fully saturated rings. The zero-order valence-corrected chi connectivity index (χ0v) is 16.1. The SMILES string of the molecule is CCCNC(=O)c1cc(=O)n(CC(=O)Nc2ccccc2Cl)c2ccccc12. The van der Waals surface area contributed by atoms with Gasteiger partial charge in [0.15, 0.2) is 0 Å². The van der Waals surface area contributed by atoms with Crippen molar-refractivity contribution in [3.05, 3.63) is 75.5 Å². The largest absolute Gasteiger partial charge is 0.352 e. The van der Waals surface area contributed by atoms with E-state index in [1.807, 2.05) is 6.92 Å². The Morgan fingerprint density at radius 1 is 1.07 bits per heavy atom. The molecule has 144 valence electrons. The molecular formula is C21H20ClN3O3. The first kappa shape index (κ1) is 19.6. The summed E-state index contributed by atoms with van der Waals surface area (Å²) in [4.78, 5) is 37.6. The Bertz CT molecular complexity index is 1090. The molecule has 0 aliphatic rings. The number of fused-ring (bicyclic) bond motifs is 1. The highest BCUT2D eigenvalue weighted by Gasteiger charge is 2.16. The molecule has 3 aromatic rings. The lowest BCUT2D eigenvalue weighted by Crippen LogP contribution is -2.31. The number of hydrogen-bond donors (Lipinski definition) is 2. The molecule has 0 unspecified atom stereocenters. The minimum atomic E-state index is -0.422. The number of halogens is 1. The minimum Gasteiger partial charge on any atom is -0.352 e. The van der Waals surface area contributed by atoms with Gasteiger partial charge in [0, 0.05) is 18.0 Å². The van der Waals surface area contributed by atoms with Gasteiger partial charge in [-0.2, -0.15) is 0 Å². The second-order valence-corrected chi connectivity index (χ2v) is 6.69. The van der Waals surface area contributed by atoms with Crippen molar-refractivity contribution in [3.8, 4) is 0 Å². The number of benzene rings is 2. The maximum absolute atomic E-state index is 12.7. The lowest BCUT2D eigenvalue weighted by atomic mass is 10.1. The van der Waals surface area contributed by atoms with E-state index in [1.54, 1.807) is 48.5 Å². The first-order valence-corrected chi connectivity index (χ1v) is 9.34. The number of para-hydroxylation sites is 2. The zero-order valence-electron chi connectivity index (χ0n) is 15.4. The Morgan fingerprint density at radius 3 is 2.54 bits per heavy atom. The molecule has 7 heteroatoms. The van der Waals surface area contributed by atoms with E-state index in [0.29, 0.717) is 33.7 Å². The molecule has 0 radical (unpaired) electrons. The van der Waals surface area contributed by atoms with Crippen molar-refractivity contribution >= 4 is 40.0 Å². The number of aromatic nitrogens is 1. The summed E-state index contributed by atoms with van der Waals surface area (Å²) in [7, 11) is 0. The summed E-state index contributed by atoms with van der Waals surface area (Å²) in [5.74, 6) is -0.689. The van der Waals surface area contributed by atoms with E-state index >= 15 is 0 Å². The Kier molecular flexibility index (Phi) is 6.11. The second-order valence-electron chi connectivity index (χ2n) is 6.28. The molecule has 2 N–H and O–H groups in total. The molecule has 28 heavy (non-hydrogen) atoms. The molecule has 1 heterocycles. The van der Waals surface area contributed by atoms with Crippen LogP contribution in [0.2, 0.25) is 5.02 Å². The molecule has 0 bridgehead atoms. The number of rotatable bonds is 6. The molecule has 0 saturated carbocycles. The van der Waals surface area contributed by atoms with E-state index in [1.165, 1.54) is 10.6 Å². The van der Waals surface area contributed by atoms with Crippen LogP contribution in [0.4, 0.5) is 5.69 Å². The standard InChI is InChI=1S/C21H20ClN3O3/c1-2-11-23-21(28)15-12-20(27)25(18-10-6-3-7-14(15)18)13-19(26)24-17-9-5-4-8-16(17)22/h3-10,12H,2,11,13H2,1H3,(H,23,28)(H,24,26). The summed E-state index contributed by atoms with van der Waals surface area (Å²) in [6.07, 6.45) is 0.795. The fourth-order valence-electron chi connectivity index (χ4n) is 2.92. The van der Waals surface area contributed by atoms with Gasteiger partial charge >= 0.3 is 0 Å². The van der Waals surface area contributed by atoms with Gasteiger partial charge in [-0.05, 0) is 24.6 Å². The molecular weight excluding hydrogens is 378 g/mol. The Labute approximate surface area is 167 Å². The number of amides is 2. The Morgan fingerprint density at radius 2 is 1.79 bits per heavy atom.